The summed E-state index contributed by atoms with van der Waals surface area (Å²) >= 11 is 1.52. The molecule has 1 rings (SSSR count). The van der Waals surface area contributed by atoms with Crippen LogP contribution in [0.1, 0.15) is 71.4 Å². The monoisotopic (exact) mass is 553 g/mol. The van der Waals surface area contributed by atoms with E-state index in [0.29, 0.717) is 24.2 Å². The molecule has 2 atom stereocenters. The summed E-state index contributed by atoms with van der Waals surface area (Å²) in [7, 11) is 1.21. The summed E-state index contributed by atoms with van der Waals surface area (Å²) in [6.45, 7) is 7.12. The van der Waals surface area contributed by atoms with Crippen molar-refractivity contribution in [3.63, 3.8) is 0 Å². The van der Waals surface area contributed by atoms with E-state index < -0.39 is 41.6 Å². The fourth-order valence-corrected chi connectivity index (χ4v) is 4.19. The first kappa shape index (κ1) is 33.1. The van der Waals surface area contributed by atoms with E-state index in [-0.39, 0.29) is 18.8 Å². The average Bonchev–Trinajstić information content (AvgIpc) is 2.85. The van der Waals surface area contributed by atoms with Gasteiger partial charge in [0.2, 0.25) is 11.8 Å². The minimum atomic E-state index is -1.15. The molecule has 0 bridgehead atoms. The van der Waals surface area contributed by atoms with Crippen molar-refractivity contribution < 1.29 is 33.8 Å². The van der Waals surface area contributed by atoms with Crippen LogP contribution in [0, 0.1) is 0 Å². The molecule has 0 saturated carbocycles. The lowest BCUT2D eigenvalue weighted by atomic mass is 10.0. The highest BCUT2D eigenvalue weighted by molar-refractivity contribution is 7.98. The second-order valence-electron chi connectivity index (χ2n) is 9.86. The van der Waals surface area contributed by atoms with Crippen LogP contribution in [0.3, 0.4) is 0 Å². The first-order valence-corrected chi connectivity index (χ1v) is 14.2. The summed E-state index contributed by atoms with van der Waals surface area (Å²) in [4.78, 5) is 53.2. The molecule has 0 aliphatic carbocycles. The summed E-state index contributed by atoms with van der Waals surface area (Å²) in [6.07, 6.45) is 4.90. The van der Waals surface area contributed by atoms with Crippen LogP contribution in [0.25, 0.3) is 0 Å². The summed E-state index contributed by atoms with van der Waals surface area (Å²) in [5.74, 6) is -1.19. The lowest BCUT2D eigenvalue weighted by Gasteiger charge is -2.34. The number of phenolic OH excluding ortho intramolecular Hbond substituents is 1. The second-order valence-corrected chi connectivity index (χ2v) is 10.8. The molecule has 0 saturated heterocycles. The first-order valence-electron chi connectivity index (χ1n) is 12.9. The van der Waals surface area contributed by atoms with E-state index in [1.54, 1.807) is 32.9 Å². The average molecular weight is 554 g/mol. The molecule has 0 heterocycles. The number of amides is 3. The number of nitrogens with one attached hydrogen (secondary N) is 2. The summed E-state index contributed by atoms with van der Waals surface area (Å²) in [5.41, 5.74) is -0.383. The zero-order valence-corrected chi connectivity index (χ0v) is 24.2. The highest BCUT2D eigenvalue weighted by Crippen LogP contribution is 2.27. The van der Waals surface area contributed by atoms with Crippen molar-refractivity contribution >= 4 is 35.6 Å². The van der Waals surface area contributed by atoms with Gasteiger partial charge in [0.05, 0.1) is 7.11 Å². The van der Waals surface area contributed by atoms with Gasteiger partial charge < -0.3 is 30.1 Å². The van der Waals surface area contributed by atoms with Gasteiger partial charge in [0, 0.05) is 6.54 Å². The van der Waals surface area contributed by atoms with Crippen LogP contribution in [0.5, 0.6) is 5.75 Å². The number of benzene rings is 1. The lowest BCUT2D eigenvalue weighted by Crippen LogP contribution is -2.53. The van der Waals surface area contributed by atoms with Gasteiger partial charge in [0.15, 0.2) is 0 Å². The molecule has 0 radical (unpaired) electrons. The fraction of sp³-hybridized carbons (Fsp3) is 0.630. The van der Waals surface area contributed by atoms with E-state index in [1.165, 1.54) is 35.9 Å². The number of aromatic hydroxyl groups is 1. The summed E-state index contributed by atoms with van der Waals surface area (Å²) in [6, 6.07) is 3.98. The van der Waals surface area contributed by atoms with Crippen LogP contribution in [-0.2, 0) is 23.9 Å². The minimum Gasteiger partial charge on any atom is -0.508 e. The number of carbonyl (C=O) groups is 4. The number of ether oxygens (including phenoxy) is 2. The third-order valence-corrected chi connectivity index (χ3v) is 6.16. The Kier molecular flexibility index (Phi) is 14.6. The first-order chi connectivity index (χ1) is 17.9. The summed E-state index contributed by atoms with van der Waals surface area (Å²) in [5, 5.41) is 15.4. The van der Waals surface area contributed by atoms with E-state index in [2.05, 4.69) is 22.3 Å². The predicted molar refractivity (Wildman–Crippen MR) is 148 cm³/mol. The number of unbranched alkanes of at least 4 members (excludes halogenated alkanes) is 3. The molecule has 3 N–H and O–H groups in total. The zero-order valence-electron chi connectivity index (χ0n) is 23.4. The number of methoxy groups -OCH3 is 1. The maximum absolute atomic E-state index is 14.0. The smallest absolute Gasteiger partial charge is 0.408 e. The van der Waals surface area contributed by atoms with Crippen molar-refractivity contribution in [3.8, 4) is 5.75 Å². The van der Waals surface area contributed by atoms with E-state index in [4.69, 9.17) is 4.74 Å². The highest BCUT2D eigenvalue weighted by Gasteiger charge is 2.36. The Morgan fingerprint density at radius 3 is 2.42 bits per heavy atom. The third kappa shape index (κ3) is 12.1. The van der Waals surface area contributed by atoms with Crippen LogP contribution >= 0.6 is 11.8 Å². The summed E-state index contributed by atoms with van der Waals surface area (Å²) < 4.78 is 10.0. The van der Waals surface area contributed by atoms with Gasteiger partial charge in [0.25, 0.3) is 0 Å². The Hall–Kier alpha value is -2.95. The van der Waals surface area contributed by atoms with Crippen LogP contribution in [0.2, 0.25) is 0 Å². The van der Waals surface area contributed by atoms with Crippen LogP contribution in [-0.4, -0.2) is 77.7 Å². The lowest BCUT2D eigenvalue weighted by molar-refractivity contribution is -0.144. The largest absolute Gasteiger partial charge is 0.508 e. The standard InChI is InChI=1S/C27H43N3O7S/c1-7-8-9-10-15-30(25(34)21(14-16-38-6)29-26(35)37-27(2,3)4)23(19-12-11-13-20(31)17-19)24(33)28-18-22(32)36-5/h11-13,17,21,23,31H,7-10,14-16,18H2,1-6H3,(H,28,33)(H,29,35). The molecule has 0 aromatic heterocycles. The van der Waals surface area contributed by atoms with Crippen molar-refractivity contribution in [3.05, 3.63) is 29.8 Å². The van der Waals surface area contributed by atoms with Crippen molar-refractivity contribution in [1.82, 2.24) is 15.5 Å². The van der Waals surface area contributed by atoms with Crippen molar-refractivity contribution in [1.29, 1.82) is 0 Å². The maximum Gasteiger partial charge on any atom is 0.408 e. The molecule has 214 valence electrons. The van der Waals surface area contributed by atoms with Gasteiger partial charge in [-0.05, 0) is 63.3 Å². The van der Waals surface area contributed by atoms with Crippen LogP contribution < -0.4 is 10.6 Å². The van der Waals surface area contributed by atoms with Gasteiger partial charge in [-0.3, -0.25) is 14.4 Å². The maximum atomic E-state index is 14.0. The molecular weight excluding hydrogens is 510 g/mol. The van der Waals surface area contributed by atoms with Gasteiger partial charge in [0.1, 0.15) is 30.0 Å². The number of esters is 1. The number of nitrogens with zero attached hydrogens (tertiary/aromatic N) is 1. The number of hydrogen-bond donors (Lipinski definition) is 3. The van der Waals surface area contributed by atoms with Gasteiger partial charge in [-0.25, -0.2) is 4.79 Å². The molecule has 38 heavy (non-hydrogen) atoms. The fourth-order valence-electron chi connectivity index (χ4n) is 3.71. The molecule has 0 fully saturated rings. The molecule has 2 unspecified atom stereocenters. The number of phenols is 1. The van der Waals surface area contributed by atoms with Gasteiger partial charge >= 0.3 is 12.1 Å². The number of alkyl carbamates (subject to hydrolysis) is 1. The zero-order chi connectivity index (χ0) is 28.7. The molecule has 0 aliphatic heterocycles. The van der Waals surface area contributed by atoms with Crippen molar-refractivity contribution in [2.45, 2.75) is 77.5 Å². The predicted octanol–water partition coefficient (Wildman–Crippen LogP) is 3.78. The van der Waals surface area contributed by atoms with Crippen molar-refractivity contribution in [2.24, 2.45) is 0 Å². The quantitative estimate of drug-likeness (QED) is 0.221. The third-order valence-electron chi connectivity index (χ3n) is 5.52. The molecule has 0 aliphatic rings. The Morgan fingerprint density at radius 1 is 1.13 bits per heavy atom. The highest BCUT2D eigenvalue weighted by atomic mass is 32.2. The number of hydrogen-bond acceptors (Lipinski definition) is 8. The number of thioether (sulfide) groups is 1. The molecule has 1 aromatic rings. The van der Waals surface area contributed by atoms with Gasteiger partial charge in [-0.15, -0.1) is 0 Å². The Morgan fingerprint density at radius 2 is 1.84 bits per heavy atom. The van der Waals surface area contributed by atoms with E-state index >= 15 is 0 Å². The Labute approximate surface area is 230 Å². The normalized spacial score (nSPS) is 12.7. The van der Waals surface area contributed by atoms with Crippen LogP contribution in [0.4, 0.5) is 4.79 Å². The topological polar surface area (TPSA) is 134 Å². The van der Waals surface area contributed by atoms with Crippen LogP contribution in [0.15, 0.2) is 24.3 Å². The molecule has 11 heteroatoms. The van der Waals surface area contributed by atoms with Crippen molar-refractivity contribution in [2.75, 3.05) is 32.2 Å². The molecule has 10 nitrogen and oxygen atoms in total. The molecular formula is C27H43N3O7S. The second kappa shape index (κ2) is 16.8. The molecule has 3 amide bonds. The Bertz CT molecular complexity index is 920. The number of rotatable bonds is 15. The number of carbonyl (C=O) groups excluding carboxylic acids is 4. The van der Waals surface area contributed by atoms with E-state index in [9.17, 15) is 24.3 Å². The Balaban J connectivity index is 3.45. The molecule has 0 spiro atoms. The molecule has 1 aromatic carbocycles. The van der Waals surface area contributed by atoms with Gasteiger partial charge in [-0.1, -0.05) is 38.3 Å². The van der Waals surface area contributed by atoms with E-state index in [1.807, 2.05) is 6.26 Å². The minimum absolute atomic E-state index is 0.0718. The van der Waals surface area contributed by atoms with E-state index in [0.717, 1.165) is 19.3 Å². The SMILES string of the molecule is CCCCCCN(C(=O)C(CCSC)NC(=O)OC(C)(C)C)C(C(=O)NCC(=O)OC)c1cccc(O)c1. The van der Waals surface area contributed by atoms with Gasteiger partial charge in [-0.2, -0.15) is 11.8 Å².